The molecule has 0 atom stereocenters. The molecule has 0 aliphatic heterocycles. The van der Waals surface area contributed by atoms with Crippen LogP contribution in [0.15, 0.2) is 24.3 Å². The summed E-state index contributed by atoms with van der Waals surface area (Å²) in [7, 11) is 0. The van der Waals surface area contributed by atoms with Crippen molar-refractivity contribution < 1.29 is 19.0 Å². The number of aliphatic hydroxyl groups excluding tert-OH is 1. The molecule has 0 heterocycles. The van der Waals surface area contributed by atoms with Crippen LogP contribution in [0.3, 0.4) is 0 Å². The van der Waals surface area contributed by atoms with E-state index in [2.05, 4.69) is 0 Å². The fourth-order valence-electron chi connectivity index (χ4n) is 1.93. The SMILES string of the molecule is CCCN(CCO)C(=O)C(C)(C)Oc1ccc(F)cc1. The van der Waals surface area contributed by atoms with Gasteiger partial charge in [-0.2, -0.15) is 0 Å². The first-order chi connectivity index (χ1) is 9.40. The van der Waals surface area contributed by atoms with E-state index >= 15 is 0 Å². The predicted molar refractivity (Wildman–Crippen MR) is 75.1 cm³/mol. The van der Waals surface area contributed by atoms with E-state index in [0.717, 1.165) is 6.42 Å². The summed E-state index contributed by atoms with van der Waals surface area (Å²) in [6.07, 6.45) is 0.804. The summed E-state index contributed by atoms with van der Waals surface area (Å²) in [5.41, 5.74) is -1.07. The molecule has 1 rings (SSSR count). The number of carbonyl (C=O) groups is 1. The van der Waals surface area contributed by atoms with Crippen molar-refractivity contribution in [3.05, 3.63) is 30.1 Å². The van der Waals surface area contributed by atoms with E-state index in [9.17, 15) is 9.18 Å². The highest BCUT2D eigenvalue weighted by Gasteiger charge is 2.33. The minimum atomic E-state index is -1.07. The molecule has 1 aromatic rings. The molecule has 0 radical (unpaired) electrons. The van der Waals surface area contributed by atoms with Crippen LogP contribution in [0.25, 0.3) is 0 Å². The number of hydrogen-bond acceptors (Lipinski definition) is 3. The molecule has 0 bridgehead atoms. The molecule has 0 spiro atoms. The number of benzene rings is 1. The lowest BCUT2D eigenvalue weighted by Gasteiger charge is -2.32. The Balaban J connectivity index is 2.79. The van der Waals surface area contributed by atoms with E-state index in [-0.39, 0.29) is 24.9 Å². The third kappa shape index (κ3) is 4.49. The van der Waals surface area contributed by atoms with Gasteiger partial charge in [-0.05, 0) is 44.5 Å². The fraction of sp³-hybridized carbons (Fsp3) is 0.533. The topological polar surface area (TPSA) is 49.8 Å². The standard InChI is InChI=1S/C15H22FNO3/c1-4-9-17(10-11-18)14(19)15(2,3)20-13-7-5-12(16)6-8-13/h5-8,18H,4,9-11H2,1-3H3. The zero-order valence-corrected chi connectivity index (χ0v) is 12.2. The number of nitrogens with zero attached hydrogens (tertiary/aromatic N) is 1. The zero-order chi connectivity index (χ0) is 15.2. The summed E-state index contributed by atoms with van der Waals surface area (Å²) in [5, 5.41) is 9.02. The second-order valence-corrected chi connectivity index (χ2v) is 5.08. The van der Waals surface area contributed by atoms with Crippen molar-refractivity contribution in [2.75, 3.05) is 19.7 Å². The van der Waals surface area contributed by atoms with Crippen LogP contribution in [-0.4, -0.2) is 41.2 Å². The quantitative estimate of drug-likeness (QED) is 0.834. The molecule has 0 saturated carbocycles. The van der Waals surface area contributed by atoms with Crippen molar-refractivity contribution in [2.45, 2.75) is 32.8 Å². The van der Waals surface area contributed by atoms with E-state index in [1.807, 2.05) is 6.92 Å². The first-order valence-corrected chi connectivity index (χ1v) is 6.75. The second-order valence-electron chi connectivity index (χ2n) is 5.08. The number of carbonyl (C=O) groups excluding carboxylic acids is 1. The number of hydrogen-bond donors (Lipinski definition) is 1. The van der Waals surface area contributed by atoms with Crippen molar-refractivity contribution >= 4 is 5.91 Å². The molecule has 1 aromatic carbocycles. The minimum Gasteiger partial charge on any atom is -0.478 e. The Hall–Kier alpha value is -1.62. The molecular weight excluding hydrogens is 261 g/mol. The van der Waals surface area contributed by atoms with Crippen LogP contribution in [-0.2, 0) is 4.79 Å². The van der Waals surface area contributed by atoms with Gasteiger partial charge in [0.1, 0.15) is 11.6 Å². The van der Waals surface area contributed by atoms with Crippen LogP contribution in [0.5, 0.6) is 5.75 Å². The van der Waals surface area contributed by atoms with Gasteiger partial charge in [0.15, 0.2) is 5.60 Å². The first-order valence-electron chi connectivity index (χ1n) is 6.75. The monoisotopic (exact) mass is 283 g/mol. The van der Waals surface area contributed by atoms with Crippen LogP contribution >= 0.6 is 0 Å². The first kappa shape index (κ1) is 16.4. The highest BCUT2D eigenvalue weighted by Crippen LogP contribution is 2.20. The van der Waals surface area contributed by atoms with Crippen molar-refractivity contribution in [3.63, 3.8) is 0 Å². The highest BCUT2D eigenvalue weighted by atomic mass is 19.1. The molecule has 112 valence electrons. The molecule has 0 saturated heterocycles. The maximum atomic E-state index is 12.8. The number of halogens is 1. The largest absolute Gasteiger partial charge is 0.478 e. The Labute approximate surface area is 119 Å². The lowest BCUT2D eigenvalue weighted by atomic mass is 10.1. The van der Waals surface area contributed by atoms with E-state index in [1.54, 1.807) is 18.7 Å². The molecule has 0 fully saturated rings. The molecule has 1 amide bonds. The van der Waals surface area contributed by atoms with Crippen molar-refractivity contribution in [1.82, 2.24) is 4.90 Å². The highest BCUT2D eigenvalue weighted by molar-refractivity contribution is 5.84. The molecule has 20 heavy (non-hydrogen) atoms. The van der Waals surface area contributed by atoms with Gasteiger partial charge in [0, 0.05) is 13.1 Å². The number of aliphatic hydroxyl groups is 1. The van der Waals surface area contributed by atoms with Gasteiger partial charge in [0.2, 0.25) is 0 Å². The molecule has 0 aliphatic rings. The molecule has 4 nitrogen and oxygen atoms in total. The Morgan fingerprint density at radius 3 is 2.40 bits per heavy atom. The summed E-state index contributed by atoms with van der Waals surface area (Å²) < 4.78 is 18.5. The smallest absolute Gasteiger partial charge is 0.266 e. The summed E-state index contributed by atoms with van der Waals surface area (Å²) in [6.45, 7) is 6.06. The maximum Gasteiger partial charge on any atom is 0.266 e. The average Bonchev–Trinajstić information content (AvgIpc) is 2.40. The average molecular weight is 283 g/mol. The molecular formula is C15H22FNO3. The van der Waals surface area contributed by atoms with Gasteiger partial charge in [0.25, 0.3) is 5.91 Å². The summed E-state index contributed by atoms with van der Waals surface area (Å²) in [4.78, 5) is 14.0. The maximum absolute atomic E-state index is 12.8. The van der Waals surface area contributed by atoms with Crippen LogP contribution in [0, 0.1) is 5.82 Å². The third-order valence-corrected chi connectivity index (χ3v) is 2.85. The summed E-state index contributed by atoms with van der Waals surface area (Å²) in [5.74, 6) is -0.114. The van der Waals surface area contributed by atoms with Gasteiger partial charge in [-0.1, -0.05) is 6.92 Å². The van der Waals surface area contributed by atoms with Gasteiger partial charge >= 0.3 is 0 Å². The van der Waals surface area contributed by atoms with Gasteiger partial charge in [-0.15, -0.1) is 0 Å². The number of amides is 1. The zero-order valence-electron chi connectivity index (χ0n) is 12.2. The number of ether oxygens (including phenoxy) is 1. The Morgan fingerprint density at radius 1 is 1.30 bits per heavy atom. The van der Waals surface area contributed by atoms with E-state index in [4.69, 9.17) is 9.84 Å². The van der Waals surface area contributed by atoms with Crippen LogP contribution in [0.2, 0.25) is 0 Å². The third-order valence-electron chi connectivity index (χ3n) is 2.85. The van der Waals surface area contributed by atoms with Gasteiger partial charge in [-0.25, -0.2) is 4.39 Å². The van der Waals surface area contributed by atoms with Gasteiger partial charge in [-0.3, -0.25) is 4.79 Å². The lowest BCUT2D eigenvalue weighted by Crippen LogP contribution is -2.50. The normalized spacial score (nSPS) is 11.2. The minimum absolute atomic E-state index is 0.0850. The Bertz CT molecular complexity index is 425. The van der Waals surface area contributed by atoms with Crippen molar-refractivity contribution in [3.8, 4) is 5.75 Å². The van der Waals surface area contributed by atoms with Crippen LogP contribution < -0.4 is 4.74 Å². The van der Waals surface area contributed by atoms with Crippen LogP contribution in [0.4, 0.5) is 4.39 Å². The van der Waals surface area contributed by atoms with Gasteiger partial charge < -0.3 is 14.7 Å². The van der Waals surface area contributed by atoms with E-state index in [1.165, 1.54) is 24.3 Å². The second kappa shape index (κ2) is 7.24. The summed E-state index contributed by atoms with van der Waals surface area (Å²) in [6, 6.07) is 5.54. The molecule has 0 unspecified atom stereocenters. The lowest BCUT2D eigenvalue weighted by molar-refractivity contribution is -0.146. The van der Waals surface area contributed by atoms with Crippen LogP contribution in [0.1, 0.15) is 27.2 Å². The van der Waals surface area contributed by atoms with Crippen molar-refractivity contribution in [2.24, 2.45) is 0 Å². The molecule has 1 N–H and O–H groups in total. The predicted octanol–water partition coefficient (Wildman–Crippen LogP) is 2.21. The van der Waals surface area contributed by atoms with Crippen molar-refractivity contribution in [1.29, 1.82) is 0 Å². The summed E-state index contributed by atoms with van der Waals surface area (Å²) >= 11 is 0. The molecule has 0 aliphatic carbocycles. The fourth-order valence-corrected chi connectivity index (χ4v) is 1.93. The van der Waals surface area contributed by atoms with Gasteiger partial charge in [0.05, 0.1) is 6.61 Å². The van der Waals surface area contributed by atoms with E-state index < -0.39 is 5.60 Å². The molecule has 5 heteroatoms. The molecule has 0 aromatic heterocycles. The Kier molecular flexibility index (Phi) is 5.95. The number of rotatable bonds is 7. The van der Waals surface area contributed by atoms with E-state index in [0.29, 0.717) is 12.3 Å². The Morgan fingerprint density at radius 2 is 1.90 bits per heavy atom.